The van der Waals surface area contributed by atoms with Gasteiger partial charge in [-0.25, -0.2) is 4.79 Å². The monoisotopic (exact) mass is 294 g/mol. The fourth-order valence-electron chi connectivity index (χ4n) is 3.15. The normalized spacial score (nSPS) is 14.2. The summed E-state index contributed by atoms with van der Waals surface area (Å²) in [5, 5.41) is 0. The van der Waals surface area contributed by atoms with E-state index in [4.69, 9.17) is 0 Å². The van der Waals surface area contributed by atoms with Gasteiger partial charge in [0.25, 0.3) is 0 Å². The fourth-order valence-corrected chi connectivity index (χ4v) is 3.15. The lowest BCUT2D eigenvalue weighted by molar-refractivity contribution is 0.244. The summed E-state index contributed by atoms with van der Waals surface area (Å²) >= 11 is 0. The van der Waals surface area contributed by atoms with E-state index in [-0.39, 0.29) is 11.2 Å². The highest BCUT2D eigenvalue weighted by atomic mass is 16.1. The molecule has 1 heterocycles. The zero-order valence-corrected chi connectivity index (χ0v) is 14.3. The lowest BCUT2D eigenvalue weighted by atomic mass is 9.88. The number of aromatic amines is 1. The first-order valence-electron chi connectivity index (χ1n) is 8.90. The number of hydrogen-bond donors (Lipinski definition) is 1. The Balaban J connectivity index is 2.57. The first-order valence-corrected chi connectivity index (χ1v) is 8.90. The summed E-state index contributed by atoms with van der Waals surface area (Å²) in [6, 6.07) is 0. The number of nitrogens with one attached hydrogen (secondary N) is 1. The van der Waals surface area contributed by atoms with Crippen molar-refractivity contribution in [1.29, 1.82) is 0 Å². The Labute approximate surface area is 130 Å². The molecule has 0 bridgehead atoms. The van der Waals surface area contributed by atoms with Crippen LogP contribution in [0.15, 0.2) is 17.2 Å². The molecule has 0 amide bonds. The van der Waals surface area contributed by atoms with Crippen LogP contribution in [0.1, 0.15) is 91.4 Å². The fraction of sp³-hybridized carbons (Fsp3) is 0.833. The SMILES string of the molecule is CCCCCCCC(C)(CCCCCC)n1cc[nH]c1=O. The molecule has 1 aromatic rings. The van der Waals surface area contributed by atoms with Crippen LogP contribution in [0.2, 0.25) is 0 Å². The van der Waals surface area contributed by atoms with Gasteiger partial charge in [-0.2, -0.15) is 0 Å². The zero-order chi connectivity index (χ0) is 15.6. The number of unbranched alkanes of at least 4 members (excludes halogenated alkanes) is 7. The lowest BCUT2D eigenvalue weighted by Crippen LogP contribution is -2.37. The quantitative estimate of drug-likeness (QED) is 0.527. The predicted molar refractivity (Wildman–Crippen MR) is 90.8 cm³/mol. The minimum Gasteiger partial charge on any atom is -0.313 e. The van der Waals surface area contributed by atoms with E-state index in [0.29, 0.717) is 0 Å². The highest BCUT2D eigenvalue weighted by molar-refractivity contribution is 4.89. The Morgan fingerprint density at radius 2 is 1.48 bits per heavy atom. The third-order valence-corrected chi connectivity index (χ3v) is 4.62. The van der Waals surface area contributed by atoms with Gasteiger partial charge in [-0.05, 0) is 19.8 Å². The molecule has 1 unspecified atom stereocenters. The third kappa shape index (κ3) is 6.11. The highest BCUT2D eigenvalue weighted by Crippen LogP contribution is 2.29. The molecule has 1 aromatic heterocycles. The Hall–Kier alpha value is -0.990. The van der Waals surface area contributed by atoms with E-state index in [1.807, 2.05) is 10.8 Å². The summed E-state index contributed by atoms with van der Waals surface area (Å²) in [4.78, 5) is 14.8. The summed E-state index contributed by atoms with van der Waals surface area (Å²) in [6.07, 6.45) is 17.4. The maximum Gasteiger partial charge on any atom is 0.325 e. The third-order valence-electron chi connectivity index (χ3n) is 4.62. The molecular formula is C18H34N2O. The molecule has 1 atom stereocenters. The van der Waals surface area contributed by atoms with Crippen molar-refractivity contribution in [1.82, 2.24) is 9.55 Å². The summed E-state index contributed by atoms with van der Waals surface area (Å²) in [6.45, 7) is 6.74. The molecule has 0 aromatic carbocycles. The van der Waals surface area contributed by atoms with Gasteiger partial charge in [0.2, 0.25) is 0 Å². The molecule has 0 fully saturated rings. The van der Waals surface area contributed by atoms with Crippen LogP contribution in [0.3, 0.4) is 0 Å². The lowest BCUT2D eigenvalue weighted by Gasteiger charge is -2.31. The molecule has 3 nitrogen and oxygen atoms in total. The van der Waals surface area contributed by atoms with Crippen LogP contribution in [0.25, 0.3) is 0 Å². The van der Waals surface area contributed by atoms with Crippen LogP contribution in [0.5, 0.6) is 0 Å². The Morgan fingerprint density at radius 3 is 1.95 bits per heavy atom. The summed E-state index contributed by atoms with van der Waals surface area (Å²) in [7, 11) is 0. The van der Waals surface area contributed by atoms with E-state index in [1.165, 1.54) is 57.8 Å². The van der Waals surface area contributed by atoms with Crippen molar-refractivity contribution in [3.63, 3.8) is 0 Å². The summed E-state index contributed by atoms with van der Waals surface area (Å²) < 4.78 is 1.93. The number of nitrogens with zero attached hydrogens (tertiary/aromatic N) is 1. The van der Waals surface area contributed by atoms with Crippen LogP contribution in [-0.4, -0.2) is 9.55 Å². The first kappa shape index (κ1) is 18.1. The molecule has 0 spiro atoms. The first-order chi connectivity index (χ1) is 10.1. The van der Waals surface area contributed by atoms with Crippen molar-refractivity contribution in [3.8, 4) is 0 Å². The van der Waals surface area contributed by atoms with Crippen LogP contribution in [-0.2, 0) is 5.54 Å². The van der Waals surface area contributed by atoms with Gasteiger partial charge < -0.3 is 4.98 Å². The van der Waals surface area contributed by atoms with Crippen molar-refractivity contribution < 1.29 is 0 Å². The molecule has 0 saturated carbocycles. The maximum atomic E-state index is 12.0. The van der Waals surface area contributed by atoms with E-state index >= 15 is 0 Å². The second kappa shape index (κ2) is 9.86. The minimum absolute atomic E-state index is 0.0168. The number of imidazole rings is 1. The standard InChI is InChI=1S/C18H34N2O/c1-4-6-8-10-12-14-18(3,13-11-9-7-5-2)20-16-15-19-17(20)21/h15-16H,4-14H2,1-3H3,(H,19,21). The van der Waals surface area contributed by atoms with E-state index in [0.717, 1.165) is 12.8 Å². The van der Waals surface area contributed by atoms with E-state index in [1.54, 1.807) is 6.20 Å². The van der Waals surface area contributed by atoms with Gasteiger partial charge in [0.05, 0.1) is 0 Å². The zero-order valence-electron chi connectivity index (χ0n) is 14.3. The summed E-state index contributed by atoms with van der Waals surface area (Å²) in [5.41, 5.74) is 0.0263. The van der Waals surface area contributed by atoms with Crippen LogP contribution < -0.4 is 5.69 Å². The van der Waals surface area contributed by atoms with Gasteiger partial charge in [-0.1, -0.05) is 71.6 Å². The molecular weight excluding hydrogens is 260 g/mol. The minimum atomic E-state index is -0.0168. The molecule has 122 valence electrons. The average molecular weight is 294 g/mol. The Bertz CT molecular complexity index is 421. The van der Waals surface area contributed by atoms with Crippen LogP contribution >= 0.6 is 0 Å². The van der Waals surface area contributed by atoms with Gasteiger partial charge in [-0.15, -0.1) is 0 Å². The molecule has 0 aliphatic carbocycles. The van der Waals surface area contributed by atoms with E-state index in [9.17, 15) is 4.79 Å². The molecule has 0 aliphatic rings. The van der Waals surface area contributed by atoms with Gasteiger partial charge in [-0.3, -0.25) is 4.57 Å². The van der Waals surface area contributed by atoms with Crippen molar-refractivity contribution >= 4 is 0 Å². The van der Waals surface area contributed by atoms with Crippen molar-refractivity contribution in [2.75, 3.05) is 0 Å². The Morgan fingerprint density at radius 1 is 0.952 bits per heavy atom. The van der Waals surface area contributed by atoms with E-state index < -0.39 is 0 Å². The number of hydrogen-bond acceptors (Lipinski definition) is 1. The molecule has 0 aliphatic heterocycles. The smallest absolute Gasteiger partial charge is 0.313 e. The Kier molecular flexibility index (Phi) is 8.48. The van der Waals surface area contributed by atoms with Crippen molar-refractivity contribution in [3.05, 3.63) is 22.9 Å². The van der Waals surface area contributed by atoms with Gasteiger partial charge >= 0.3 is 5.69 Å². The van der Waals surface area contributed by atoms with Crippen LogP contribution in [0, 0.1) is 0 Å². The largest absolute Gasteiger partial charge is 0.325 e. The van der Waals surface area contributed by atoms with Gasteiger partial charge in [0.1, 0.15) is 0 Å². The van der Waals surface area contributed by atoms with Crippen LogP contribution in [0.4, 0.5) is 0 Å². The number of rotatable bonds is 12. The average Bonchev–Trinajstić information content (AvgIpc) is 2.90. The molecule has 1 rings (SSSR count). The molecule has 0 saturated heterocycles. The number of H-pyrrole nitrogens is 1. The molecule has 3 heteroatoms. The number of aromatic nitrogens is 2. The second-order valence-corrected chi connectivity index (χ2v) is 6.61. The van der Waals surface area contributed by atoms with Crippen molar-refractivity contribution in [2.45, 2.75) is 96.9 Å². The molecule has 1 N–H and O–H groups in total. The van der Waals surface area contributed by atoms with Gasteiger partial charge in [0.15, 0.2) is 0 Å². The van der Waals surface area contributed by atoms with Crippen molar-refractivity contribution in [2.24, 2.45) is 0 Å². The highest BCUT2D eigenvalue weighted by Gasteiger charge is 2.26. The molecule has 21 heavy (non-hydrogen) atoms. The maximum absolute atomic E-state index is 12.0. The second-order valence-electron chi connectivity index (χ2n) is 6.61. The predicted octanol–water partition coefficient (Wildman–Crippen LogP) is 5.22. The van der Waals surface area contributed by atoms with E-state index in [2.05, 4.69) is 25.8 Å². The topological polar surface area (TPSA) is 37.8 Å². The molecule has 0 radical (unpaired) electrons. The summed E-state index contributed by atoms with van der Waals surface area (Å²) in [5.74, 6) is 0. The van der Waals surface area contributed by atoms with Gasteiger partial charge in [0, 0.05) is 17.9 Å².